The summed E-state index contributed by atoms with van der Waals surface area (Å²) in [4.78, 5) is 2.27. The van der Waals surface area contributed by atoms with Crippen LogP contribution < -0.4 is 4.90 Å². The molecule has 2 aromatic rings. The average molecular weight is 283 g/mol. The predicted molar refractivity (Wildman–Crippen MR) is 82.6 cm³/mol. The van der Waals surface area contributed by atoms with Crippen LogP contribution >= 0.6 is 11.6 Å². The van der Waals surface area contributed by atoms with Gasteiger partial charge in [-0.3, -0.25) is 0 Å². The summed E-state index contributed by atoms with van der Waals surface area (Å²) >= 11 is 6.37. The van der Waals surface area contributed by atoms with Crippen molar-refractivity contribution in [3.05, 3.63) is 58.6 Å². The van der Waals surface area contributed by atoms with Crippen molar-refractivity contribution in [3.63, 3.8) is 0 Å². The van der Waals surface area contributed by atoms with E-state index in [1.807, 2.05) is 12.1 Å². The van der Waals surface area contributed by atoms with E-state index in [1.54, 1.807) is 6.07 Å². The summed E-state index contributed by atoms with van der Waals surface area (Å²) in [6.07, 6.45) is 3.45. The molecule has 0 unspecified atom stereocenters. The van der Waals surface area contributed by atoms with E-state index in [1.165, 1.54) is 17.7 Å². The van der Waals surface area contributed by atoms with Crippen molar-refractivity contribution in [3.8, 4) is 6.07 Å². The molecule has 2 aromatic carbocycles. The summed E-state index contributed by atoms with van der Waals surface area (Å²) in [5.74, 6) is 0. The molecule has 3 heteroatoms. The van der Waals surface area contributed by atoms with Crippen LogP contribution in [0.2, 0.25) is 5.02 Å². The van der Waals surface area contributed by atoms with Crippen LogP contribution in [-0.2, 0) is 6.42 Å². The quantitative estimate of drug-likeness (QED) is 0.759. The molecule has 0 spiro atoms. The van der Waals surface area contributed by atoms with Gasteiger partial charge in [0, 0.05) is 12.2 Å². The zero-order chi connectivity index (χ0) is 13.9. The van der Waals surface area contributed by atoms with E-state index in [2.05, 4.69) is 35.2 Å². The third-order valence-corrected chi connectivity index (χ3v) is 4.03. The lowest BCUT2D eigenvalue weighted by molar-refractivity contribution is 0.761. The molecule has 0 saturated carbocycles. The molecular weight excluding hydrogens is 268 g/mol. The molecule has 0 fully saturated rings. The van der Waals surface area contributed by atoms with Crippen molar-refractivity contribution >= 4 is 23.0 Å². The van der Waals surface area contributed by atoms with E-state index in [4.69, 9.17) is 16.9 Å². The maximum absolute atomic E-state index is 8.94. The fourth-order valence-corrected chi connectivity index (χ4v) is 3.02. The molecule has 0 bridgehead atoms. The van der Waals surface area contributed by atoms with Gasteiger partial charge in [0.1, 0.15) is 0 Å². The van der Waals surface area contributed by atoms with Gasteiger partial charge in [0.2, 0.25) is 0 Å². The fourth-order valence-electron chi connectivity index (χ4n) is 2.74. The second-order valence-electron chi connectivity index (χ2n) is 5.02. The number of nitriles is 1. The minimum Gasteiger partial charge on any atom is -0.340 e. The highest BCUT2D eigenvalue weighted by Gasteiger charge is 2.18. The number of halogens is 1. The fraction of sp³-hybridized carbons (Fsp3) is 0.235. The molecule has 20 heavy (non-hydrogen) atoms. The van der Waals surface area contributed by atoms with Crippen molar-refractivity contribution in [1.82, 2.24) is 0 Å². The van der Waals surface area contributed by atoms with Crippen molar-refractivity contribution in [2.24, 2.45) is 0 Å². The van der Waals surface area contributed by atoms with Gasteiger partial charge in [-0.25, -0.2) is 0 Å². The van der Waals surface area contributed by atoms with Gasteiger partial charge < -0.3 is 4.90 Å². The van der Waals surface area contributed by atoms with Gasteiger partial charge >= 0.3 is 0 Å². The summed E-state index contributed by atoms with van der Waals surface area (Å²) in [6, 6.07) is 16.1. The van der Waals surface area contributed by atoms with E-state index in [0.717, 1.165) is 25.1 Å². The Kier molecular flexibility index (Phi) is 3.62. The van der Waals surface area contributed by atoms with Crippen LogP contribution in [0.1, 0.15) is 24.0 Å². The molecule has 0 N–H and O–H groups in total. The molecule has 0 saturated heterocycles. The summed E-state index contributed by atoms with van der Waals surface area (Å²) in [7, 11) is 0. The zero-order valence-corrected chi connectivity index (χ0v) is 11.9. The molecule has 3 rings (SSSR count). The first-order valence-corrected chi connectivity index (χ1v) is 7.22. The molecule has 1 aliphatic heterocycles. The second kappa shape index (κ2) is 5.56. The third kappa shape index (κ3) is 2.37. The molecule has 1 heterocycles. The number of para-hydroxylation sites is 1. The summed E-state index contributed by atoms with van der Waals surface area (Å²) < 4.78 is 0. The Bertz CT molecular complexity index is 673. The Hall–Kier alpha value is -1.98. The zero-order valence-electron chi connectivity index (χ0n) is 11.1. The van der Waals surface area contributed by atoms with Gasteiger partial charge in [-0.05, 0) is 49.1 Å². The number of rotatable bonds is 1. The monoisotopic (exact) mass is 282 g/mol. The highest BCUT2D eigenvalue weighted by Crippen LogP contribution is 2.36. The van der Waals surface area contributed by atoms with Crippen LogP contribution in [0.4, 0.5) is 11.4 Å². The highest BCUT2D eigenvalue weighted by atomic mass is 35.5. The maximum atomic E-state index is 8.94. The van der Waals surface area contributed by atoms with Crippen LogP contribution in [0.25, 0.3) is 0 Å². The van der Waals surface area contributed by atoms with Crippen molar-refractivity contribution in [2.75, 3.05) is 11.4 Å². The Balaban J connectivity index is 2.08. The number of anilines is 2. The lowest BCUT2D eigenvalue weighted by Crippen LogP contribution is -2.18. The van der Waals surface area contributed by atoms with Gasteiger partial charge in [0.25, 0.3) is 0 Å². The predicted octanol–water partition coefficient (Wildman–Crippen LogP) is 4.69. The largest absolute Gasteiger partial charge is 0.340 e. The summed E-state index contributed by atoms with van der Waals surface area (Å²) in [5, 5.41) is 9.58. The number of benzene rings is 2. The molecule has 1 aliphatic rings. The molecule has 100 valence electrons. The van der Waals surface area contributed by atoms with Crippen LogP contribution in [0.5, 0.6) is 0 Å². The van der Waals surface area contributed by atoms with E-state index in [-0.39, 0.29) is 0 Å². The van der Waals surface area contributed by atoms with Gasteiger partial charge in [-0.2, -0.15) is 5.26 Å². The molecule has 0 aliphatic carbocycles. The Morgan fingerprint density at radius 1 is 1.05 bits per heavy atom. The number of hydrogen-bond donors (Lipinski definition) is 0. The second-order valence-corrected chi connectivity index (χ2v) is 5.42. The molecule has 2 nitrogen and oxygen atoms in total. The first-order chi connectivity index (χ1) is 9.79. The van der Waals surface area contributed by atoms with Crippen LogP contribution in [0.15, 0.2) is 42.5 Å². The number of nitrogens with zero attached hydrogens (tertiary/aromatic N) is 2. The van der Waals surface area contributed by atoms with Gasteiger partial charge in [-0.15, -0.1) is 0 Å². The Morgan fingerprint density at radius 2 is 1.90 bits per heavy atom. The lowest BCUT2D eigenvalue weighted by atomic mass is 10.1. The van der Waals surface area contributed by atoms with Crippen LogP contribution in [-0.4, -0.2) is 6.54 Å². The summed E-state index contributed by atoms with van der Waals surface area (Å²) in [6.45, 7) is 0.961. The molecule has 0 atom stereocenters. The van der Waals surface area contributed by atoms with Crippen LogP contribution in [0.3, 0.4) is 0 Å². The number of hydrogen-bond acceptors (Lipinski definition) is 2. The Labute approximate surface area is 124 Å². The van der Waals surface area contributed by atoms with Gasteiger partial charge in [0.15, 0.2) is 0 Å². The SMILES string of the molecule is N#Cc1ccc(N2CCCCc3ccccc32)c(Cl)c1. The molecular formula is C17H15ClN2. The smallest absolute Gasteiger partial charge is 0.0992 e. The standard InChI is InChI=1S/C17H15ClN2/c18-15-11-13(12-19)8-9-17(15)20-10-4-3-6-14-5-1-2-7-16(14)20/h1-2,5,7-9,11H,3-4,6,10H2. The van der Waals surface area contributed by atoms with Crippen LogP contribution in [0, 0.1) is 11.3 Å². The summed E-state index contributed by atoms with van der Waals surface area (Å²) in [5.41, 5.74) is 4.18. The van der Waals surface area contributed by atoms with Crippen molar-refractivity contribution in [1.29, 1.82) is 5.26 Å². The first kappa shape index (κ1) is 13.0. The van der Waals surface area contributed by atoms with E-state index in [0.29, 0.717) is 10.6 Å². The van der Waals surface area contributed by atoms with Gasteiger partial charge in [0.05, 0.1) is 22.3 Å². The first-order valence-electron chi connectivity index (χ1n) is 6.84. The third-order valence-electron chi connectivity index (χ3n) is 3.73. The minimum absolute atomic E-state index is 0.599. The van der Waals surface area contributed by atoms with Crippen molar-refractivity contribution < 1.29 is 0 Å². The molecule has 0 amide bonds. The minimum atomic E-state index is 0.599. The average Bonchev–Trinajstić information content (AvgIpc) is 2.69. The molecule has 0 radical (unpaired) electrons. The number of fused-ring (bicyclic) bond motifs is 1. The van der Waals surface area contributed by atoms with E-state index < -0.39 is 0 Å². The van der Waals surface area contributed by atoms with E-state index in [9.17, 15) is 0 Å². The number of aryl methyl sites for hydroxylation is 1. The molecule has 0 aromatic heterocycles. The normalized spacial score (nSPS) is 14.3. The Morgan fingerprint density at radius 3 is 2.70 bits per heavy atom. The lowest BCUT2D eigenvalue weighted by Gasteiger charge is -2.26. The highest BCUT2D eigenvalue weighted by molar-refractivity contribution is 6.33. The topological polar surface area (TPSA) is 27.0 Å². The van der Waals surface area contributed by atoms with E-state index >= 15 is 0 Å². The van der Waals surface area contributed by atoms with Gasteiger partial charge in [-0.1, -0.05) is 29.8 Å². The maximum Gasteiger partial charge on any atom is 0.0992 e. The van der Waals surface area contributed by atoms with Crippen molar-refractivity contribution in [2.45, 2.75) is 19.3 Å².